The number of anilines is 1. The molecule has 1 aromatic carbocycles. The van der Waals surface area contributed by atoms with Crippen LogP contribution in [0.15, 0.2) is 12.1 Å². The van der Waals surface area contributed by atoms with Gasteiger partial charge in [0.1, 0.15) is 0 Å². The zero-order valence-electron chi connectivity index (χ0n) is 6.55. The summed E-state index contributed by atoms with van der Waals surface area (Å²) in [7, 11) is 0. The molecule has 0 saturated heterocycles. The molecule has 3 nitrogen and oxygen atoms in total. The molecule has 0 spiro atoms. The van der Waals surface area contributed by atoms with Crippen LogP contribution in [0.25, 0.3) is 0 Å². The van der Waals surface area contributed by atoms with E-state index in [1.165, 1.54) is 6.07 Å². The van der Waals surface area contributed by atoms with Gasteiger partial charge in [0.25, 0.3) is 0 Å². The summed E-state index contributed by atoms with van der Waals surface area (Å²) in [5, 5.41) is 9.00. The van der Waals surface area contributed by atoms with Crippen LogP contribution in [0.4, 0.5) is 10.1 Å². The van der Waals surface area contributed by atoms with Crippen molar-refractivity contribution in [3.05, 3.63) is 23.5 Å². The van der Waals surface area contributed by atoms with E-state index in [1.54, 1.807) is 0 Å². The van der Waals surface area contributed by atoms with Crippen LogP contribution in [0.3, 0.4) is 0 Å². The van der Waals surface area contributed by atoms with Crippen molar-refractivity contribution in [2.45, 2.75) is 0 Å². The molecule has 5 heteroatoms. The average molecular weight is 248 g/mol. The minimum absolute atomic E-state index is 0.00713. The molecule has 0 saturated carbocycles. The number of nitrogens with two attached hydrogens (primary N) is 1. The summed E-state index contributed by atoms with van der Waals surface area (Å²) in [6, 6.07) is 2.25. The topological polar surface area (TPSA) is 63.3 Å². The van der Waals surface area contributed by atoms with Crippen molar-refractivity contribution < 1.29 is 14.3 Å². The van der Waals surface area contributed by atoms with E-state index in [0.717, 1.165) is 6.07 Å². The van der Waals surface area contributed by atoms with Gasteiger partial charge in [-0.05, 0) is 6.07 Å². The third kappa shape index (κ3) is 1.98. The van der Waals surface area contributed by atoms with Gasteiger partial charge in [-0.15, -0.1) is 0 Å². The number of halogens is 2. The Kier molecular flexibility index (Phi) is 2.87. The molecule has 0 aromatic heterocycles. The fourth-order valence-electron chi connectivity index (χ4n) is 0.906. The van der Waals surface area contributed by atoms with Gasteiger partial charge in [0, 0.05) is 11.8 Å². The predicted molar refractivity (Wildman–Crippen MR) is 50.6 cm³/mol. The highest BCUT2D eigenvalue weighted by atomic mass is 79.9. The van der Waals surface area contributed by atoms with Gasteiger partial charge in [-0.2, -0.15) is 0 Å². The maximum Gasteiger partial charge on any atom is 0.176 e. The normalized spacial score (nSPS) is 10.0. The van der Waals surface area contributed by atoms with Crippen LogP contribution in [-0.4, -0.2) is 16.2 Å². The van der Waals surface area contributed by atoms with Crippen LogP contribution in [0.2, 0.25) is 0 Å². The Balaban J connectivity index is 3.28. The lowest BCUT2D eigenvalue weighted by atomic mass is 10.1. The Morgan fingerprint density at radius 1 is 1.62 bits per heavy atom. The Labute approximate surface area is 82.5 Å². The number of aromatic hydroxyl groups is 1. The first kappa shape index (κ1) is 9.98. The quantitative estimate of drug-likeness (QED) is 0.475. The third-order valence-corrected chi connectivity index (χ3v) is 2.01. The zero-order chi connectivity index (χ0) is 10.0. The highest BCUT2D eigenvalue weighted by Crippen LogP contribution is 2.23. The van der Waals surface area contributed by atoms with E-state index < -0.39 is 17.3 Å². The number of nitrogen functional groups attached to an aromatic ring is 1. The number of phenolic OH excluding ortho intramolecular Hbond substituents is 1. The van der Waals surface area contributed by atoms with Crippen LogP contribution < -0.4 is 5.73 Å². The van der Waals surface area contributed by atoms with E-state index in [2.05, 4.69) is 15.9 Å². The van der Waals surface area contributed by atoms with Crippen LogP contribution >= 0.6 is 15.9 Å². The standard InChI is InChI=1S/C8H7BrFNO2/c9-3-7(13)5-1-4(11)2-6(12)8(5)10/h1-2,12H,3,11H2. The van der Waals surface area contributed by atoms with E-state index in [0.29, 0.717) is 0 Å². The number of carbonyl (C=O) groups is 1. The molecule has 0 aliphatic carbocycles. The van der Waals surface area contributed by atoms with Crippen LogP contribution in [-0.2, 0) is 0 Å². The Bertz CT molecular complexity index is 354. The van der Waals surface area contributed by atoms with Crippen LogP contribution in [0, 0.1) is 5.82 Å². The second-order valence-electron chi connectivity index (χ2n) is 2.46. The molecule has 1 rings (SSSR count). The molecule has 0 fully saturated rings. The van der Waals surface area contributed by atoms with Crippen molar-refractivity contribution in [1.29, 1.82) is 0 Å². The predicted octanol–water partition coefficient (Wildman–Crippen LogP) is 1.69. The third-order valence-electron chi connectivity index (χ3n) is 1.50. The first-order valence-electron chi connectivity index (χ1n) is 3.43. The molecule has 0 bridgehead atoms. The number of alkyl halides is 1. The second-order valence-corrected chi connectivity index (χ2v) is 3.02. The SMILES string of the molecule is Nc1cc(O)c(F)c(C(=O)CBr)c1. The molecule has 0 amide bonds. The fourth-order valence-corrected chi connectivity index (χ4v) is 1.21. The number of hydrogen-bond donors (Lipinski definition) is 2. The van der Waals surface area contributed by atoms with Gasteiger partial charge in [0.15, 0.2) is 17.3 Å². The number of ketones is 1. The molecule has 70 valence electrons. The lowest BCUT2D eigenvalue weighted by molar-refractivity contribution is 0.101. The van der Waals surface area contributed by atoms with Gasteiger partial charge in [0.2, 0.25) is 0 Å². The van der Waals surface area contributed by atoms with Gasteiger partial charge < -0.3 is 10.8 Å². The number of phenols is 1. The largest absolute Gasteiger partial charge is 0.505 e. The molecular weight excluding hydrogens is 241 g/mol. The van der Waals surface area contributed by atoms with Gasteiger partial charge in [-0.1, -0.05) is 15.9 Å². The maximum absolute atomic E-state index is 13.1. The number of hydrogen-bond acceptors (Lipinski definition) is 3. The van der Waals surface area contributed by atoms with E-state index in [9.17, 15) is 9.18 Å². The summed E-state index contributed by atoms with van der Waals surface area (Å²) in [5.41, 5.74) is 5.28. The first-order valence-corrected chi connectivity index (χ1v) is 4.55. The minimum atomic E-state index is -0.932. The zero-order valence-corrected chi connectivity index (χ0v) is 8.14. The smallest absolute Gasteiger partial charge is 0.176 e. The number of Topliss-reactive ketones (excluding diaryl/α,β-unsaturated/α-hetero) is 1. The van der Waals surface area contributed by atoms with Crippen molar-refractivity contribution in [3.63, 3.8) is 0 Å². The summed E-state index contributed by atoms with van der Waals surface area (Å²) in [6.45, 7) is 0. The molecule has 0 atom stereocenters. The molecule has 13 heavy (non-hydrogen) atoms. The second kappa shape index (κ2) is 3.74. The van der Waals surface area contributed by atoms with Crippen molar-refractivity contribution in [2.75, 3.05) is 11.1 Å². The van der Waals surface area contributed by atoms with E-state index in [-0.39, 0.29) is 16.6 Å². The van der Waals surface area contributed by atoms with Gasteiger partial charge in [-0.3, -0.25) is 4.79 Å². The highest BCUT2D eigenvalue weighted by molar-refractivity contribution is 9.09. The van der Waals surface area contributed by atoms with Gasteiger partial charge in [-0.25, -0.2) is 4.39 Å². The summed E-state index contributed by atoms with van der Waals surface area (Å²) < 4.78 is 13.1. The summed E-state index contributed by atoms with van der Waals surface area (Å²) in [6.07, 6.45) is 0. The van der Waals surface area contributed by atoms with Crippen LogP contribution in [0.5, 0.6) is 5.75 Å². The molecule has 0 heterocycles. The molecule has 0 aliphatic rings. The van der Waals surface area contributed by atoms with E-state index in [4.69, 9.17) is 10.8 Å². The number of rotatable bonds is 2. The molecule has 0 radical (unpaired) electrons. The molecule has 3 N–H and O–H groups in total. The molecule has 0 aliphatic heterocycles. The maximum atomic E-state index is 13.1. The Hall–Kier alpha value is -1.10. The summed E-state index contributed by atoms with van der Waals surface area (Å²) in [5.74, 6) is -2.00. The lowest BCUT2D eigenvalue weighted by Gasteiger charge is -2.03. The minimum Gasteiger partial charge on any atom is -0.505 e. The summed E-state index contributed by atoms with van der Waals surface area (Å²) in [4.78, 5) is 11.1. The summed E-state index contributed by atoms with van der Waals surface area (Å²) >= 11 is 2.90. The van der Waals surface area contributed by atoms with Crippen molar-refractivity contribution in [3.8, 4) is 5.75 Å². The van der Waals surface area contributed by atoms with Gasteiger partial charge in [0.05, 0.1) is 10.9 Å². The molecule has 1 aromatic rings. The molecule has 0 unspecified atom stereocenters. The van der Waals surface area contributed by atoms with Crippen molar-refractivity contribution in [2.24, 2.45) is 0 Å². The van der Waals surface area contributed by atoms with Crippen molar-refractivity contribution in [1.82, 2.24) is 0 Å². The van der Waals surface area contributed by atoms with E-state index >= 15 is 0 Å². The van der Waals surface area contributed by atoms with Crippen LogP contribution in [0.1, 0.15) is 10.4 Å². The number of carbonyl (C=O) groups excluding carboxylic acids is 1. The number of benzene rings is 1. The fraction of sp³-hybridized carbons (Fsp3) is 0.125. The van der Waals surface area contributed by atoms with Gasteiger partial charge >= 0.3 is 0 Å². The first-order chi connectivity index (χ1) is 6.06. The monoisotopic (exact) mass is 247 g/mol. The Morgan fingerprint density at radius 2 is 2.23 bits per heavy atom. The van der Waals surface area contributed by atoms with Crippen molar-refractivity contribution >= 4 is 27.4 Å². The molecular formula is C8H7BrFNO2. The average Bonchev–Trinajstić information content (AvgIpc) is 2.10. The highest BCUT2D eigenvalue weighted by Gasteiger charge is 2.14. The van der Waals surface area contributed by atoms with E-state index in [1.807, 2.05) is 0 Å². The lowest BCUT2D eigenvalue weighted by Crippen LogP contribution is -2.04. The Morgan fingerprint density at radius 3 is 2.77 bits per heavy atom.